The maximum atomic E-state index is 12.3. The largest absolute Gasteiger partial charge is 0.452 e. The topological polar surface area (TPSA) is 75.7 Å². The number of benzene rings is 1. The van der Waals surface area contributed by atoms with Crippen LogP contribution in [-0.2, 0) is 25.5 Å². The predicted molar refractivity (Wildman–Crippen MR) is 95.0 cm³/mol. The molecule has 134 valence electrons. The van der Waals surface area contributed by atoms with Crippen LogP contribution in [0.15, 0.2) is 36.9 Å². The highest BCUT2D eigenvalue weighted by Gasteiger charge is 2.37. The van der Waals surface area contributed by atoms with E-state index in [9.17, 15) is 14.4 Å². The summed E-state index contributed by atoms with van der Waals surface area (Å²) in [6.45, 7) is 7.63. The van der Waals surface area contributed by atoms with Crippen molar-refractivity contribution in [3.05, 3.63) is 42.5 Å². The van der Waals surface area contributed by atoms with Gasteiger partial charge < -0.3 is 15.0 Å². The first kappa shape index (κ1) is 18.7. The van der Waals surface area contributed by atoms with Gasteiger partial charge in [0.25, 0.3) is 5.91 Å². The molecule has 6 heteroatoms. The number of ether oxygens (including phenoxy) is 1. The maximum Gasteiger partial charge on any atom is 0.312 e. The molecule has 1 fully saturated rings. The fourth-order valence-electron chi connectivity index (χ4n) is 2.81. The van der Waals surface area contributed by atoms with Crippen molar-refractivity contribution in [2.45, 2.75) is 32.8 Å². The van der Waals surface area contributed by atoms with Gasteiger partial charge in [0.15, 0.2) is 6.10 Å². The summed E-state index contributed by atoms with van der Waals surface area (Å²) in [5.41, 5.74) is 1.89. The smallest absolute Gasteiger partial charge is 0.312 e. The lowest BCUT2D eigenvalue weighted by molar-refractivity contribution is -0.158. The molecule has 2 rings (SSSR count). The van der Waals surface area contributed by atoms with Gasteiger partial charge in [-0.15, -0.1) is 6.58 Å². The lowest BCUT2D eigenvalue weighted by Crippen LogP contribution is -2.37. The molecular formula is C19H24N2O4. The number of anilines is 1. The van der Waals surface area contributed by atoms with Crippen LogP contribution in [0.1, 0.15) is 25.8 Å². The first-order valence-corrected chi connectivity index (χ1v) is 8.45. The predicted octanol–water partition coefficient (Wildman–Crippen LogP) is 1.84. The van der Waals surface area contributed by atoms with Crippen LogP contribution in [-0.4, -0.2) is 37.0 Å². The van der Waals surface area contributed by atoms with Crippen LogP contribution in [0.4, 0.5) is 5.69 Å². The van der Waals surface area contributed by atoms with Crippen LogP contribution in [0.2, 0.25) is 0 Å². The third-order valence-electron chi connectivity index (χ3n) is 4.20. The zero-order valence-electron chi connectivity index (χ0n) is 14.7. The second-order valence-electron chi connectivity index (χ2n) is 6.00. The molecule has 1 aliphatic rings. The molecule has 1 aromatic rings. The number of aryl methyl sites for hydroxylation is 1. The molecule has 0 aromatic heterocycles. The minimum atomic E-state index is -0.903. The second kappa shape index (κ2) is 8.46. The van der Waals surface area contributed by atoms with E-state index in [-0.39, 0.29) is 24.8 Å². The minimum Gasteiger partial charge on any atom is -0.452 e. The van der Waals surface area contributed by atoms with Crippen molar-refractivity contribution in [3.8, 4) is 0 Å². The number of nitrogens with one attached hydrogen (secondary N) is 1. The number of rotatable bonds is 7. The number of hydrogen-bond donors (Lipinski definition) is 1. The SMILES string of the molecule is C=CCNC(=O)[C@H](C)OC(=O)[C@@H]1CC(=O)N(c2ccccc2CC)C1. The Bertz CT molecular complexity index is 671. The van der Waals surface area contributed by atoms with E-state index < -0.39 is 18.0 Å². The number of hydrogen-bond acceptors (Lipinski definition) is 4. The molecule has 0 unspecified atom stereocenters. The molecule has 1 aliphatic heterocycles. The molecule has 0 saturated carbocycles. The van der Waals surface area contributed by atoms with Crippen molar-refractivity contribution in [2.75, 3.05) is 18.0 Å². The first-order valence-electron chi connectivity index (χ1n) is 8.45. The first-order chi connectivity index (χ1) is 12.0. The van der Waals surface area contributed by atoms with Gasteiger partial charge in [0, 0.05) is 25.2 Å². The Labute approximate surface area is 147 Å². The summed E-state index contributed by atoms with van der Waals surface area (Å²) < 4.78 is 5.22. The van der Waals surface area contributed by atoms with Gasteiger partial charge in [0.05, 0.1) is 5.92 Å². The van der Waals surface area contributed by atoms with Crippen molar-refractivity contribution < 1.29 is 19.1 Å². The van der Waals surface area contributed by atoms with Crippen LogP contribution >= 0.6 is 0 Å². The van der Waals surface area contributed by atoms with E-state index in [1.165, 1.54) is 6.92 Å². The van der Waals surface area contributed by atoms with E-state index in [1.54, 1.807) is 11.0 Å². The summed E-state index contributed by atoms with van der Waals surface area (Å²) >= 11 is 0. The van der Waals surface area contributed by atoms with Gasteiger partial charge >= 0.3 is 5.97 Å². The fourth-order valence-corrected chi connectivity index (χ4v) is 2.81. The molecule has 1 N–H and O–H groups in total. The highest BCUT2D eigenvalue weighted by atomic mass is 16.5. The Balaban J connectivity index is 2.00. The average molecular weight is 344 g/mol. The molecule has 2 atom stereocenters. The summed E-state index contributed by atoms with van der Waals surface area (Å²) in [6, 6.07) is 7.66. The normalized spacial score (nSPS) is 17.9. The highest BCUT2D eigenvalue weighted by molar-refractivity contribution is 6.00. The summed E-state index contributed by atoms with van der Waals surface area (Å²) in [4.78, 5) is 38.1. The third-order valence-corrected chi connectivity index (χ3v) is 4.20. The lowest BCUT2D eigenvalue weighted by Gasteiger charge is -2.20. The Kier molecular flexibility index (Phi) is 6.33. The standard InChI is InChI=1S/C19H24N2O4/c1-4-10-20-18(23)13(3)25-19(24)15-11-17(22)21(12-15)16-9-7-6-8-14(16)5-2/h4,6-9,13,15H,1,5,10-12H2,2-3H3,(H,20,23)/t13-,15+/m0/s1. The quantitative estimate of drug-likeness (QED) is 0.605. The third kappa shape index (κ3) is 4.47. The average Bonchev–Trinajstić information content (AvgIpc) is 3.01. The molecule has 1 aromatic carbocycles. The van der Waals surface area contributed by atoms with Crippen molar-refractivity contribution in [2.24, 2.45) is 5.92 Å². The number of esters is 1. The van der Waals surface area contributed by atoms with E-state index in [4.69, 9.17) is 4.74 Å². The van der Waals surface area contributed by atoms with Crippen LogP contribution in [0, 0.1) is 5.92 Å². The van der Waals surface area contributed by atoms with Crippen molar-refractivity contribution in [1.29, 1.82) is 0 Å². The summed E-state index contributed by atoms with van der Waals surface area (Å²) in [7, 11) is 0. The number of para-hydroxylation sites is 1. The molecule has 2 amide bonds. The molecule has 25 heavy (non-hydrogen) atoms. The summed E-state index contributed by atoms with van der Waals surface area (Å²) in [5, 5.41) is 2.57. The van der Waals surface area contributed by atoms with Crippen LogP contribution in [0.5, 0.6) is 0 Å². The number of carbonyl (C=O) groups is 3. The molecule has 0 bridgehead atoms. The van der Waals surface area contributed by atoms with E-state index in [2.05, 4.69) is 11.9 Å². The molecule has 0 spiro atoms. The van der Waals surface area contributed by atoms with Crippen molar-refractivity contribution in [3.63, 3.8) is 0 Å². The maximum absolute atomic E-state index is 12.3. The molecule has 6 nitrogen and oxygen atoms in total. The summed E-state index contributed by atoms with van der Waals surface area (Å²) in [6.07, 6.45) is 1.54. The molecular weight excluding hydrogens is 320 g/mol. The van der Waals surface area contributed by atoms with E-state index in [1.807, 2.05) is 31.2 Å². The highest BCUT2D eigenvalue weighted by Crippen LogP contribution is 2.29. The van der Waals surface area contributed by atoms with Crippen LogP contribution < -0.4 is 10.2 Å². The monoisotopic (exact) mass is 344 g/mol. The van der Waals surface area contributed by atoms with Gasteiger partial charge in [-0.3, -0.25) is 14.4 Å². The lowest BCUT2D eigenvalue weighted by atomic mass is 10.1. The Morgan fingerprint density at radius 3 is 2.84 bits per heavy atom. The second-order valence-corrected chi connectivity index (χ2v) is 6.00. The van der Waals surface area contributed by atoms with E-state index >= 15 is 0 Å². The number of amides is 2. The minimum absolute atomic E-state index is 0.0951. The van der Waals surface area contributed by atoms with Gasteiger partial charge in [-0.2, -0.15) is 0 Å². The van der Waals surface area contributed by atoms with Crippen molar-refractivity contribution >= 4 is 23.5 Å². The number of carbonyl (C=O) groups excluding carboxylic acids is 3. The molecule has 1 saturated heterocycles. The van der Waals surface area contributed by atoms with Gasteiger partial charge in [-0.25, -0.2) is 0 Å². The van der Waals surface area contributed by atoms with Crippen LogP contribution in [0.25, 0.3) is 0 Å². The van der Waals surface area contributed by atoms with Gasteiger partial charge in [0.1, 0.15) is 0 Å². The zero-order valence-corrected chi connectivity index (χ0v) is 14.7. The molecule has 0 radical (unpaired) electrons. The van der Waals surface area contributed by atoms with E-state index in [0.717, 1.165) is 17.7 Å². The Morgan fingerprint density at radius 2 is 2.16 bits per heavy atom. The zero-order chi connectivity index (χ0) is 18.4. The van der Waals surface area contributed by atoms with Gasteiger partial charge in [-0.05, 0) is 25.0 Å². The fraction of sp³-hybridized carbons (Fsp3) is 0.421. The number of nitrogens with zero attached hydrogens (tertiary/aromatic N) is 1. The van der Waals surface area contributed by atoms with Gasteiger partial charge in [-0.1, -0.05) is 31.2 Å². The summed E-state index contributed by atoms with van der Waals surface area (Å²) in [5.74, 6) is -1.57. The van der Waals surface area contributed by atoms with Gasteiger partial charge in [0.2, 0.25) is 5.91 Å². The Hall–Kier alpha value is -2.63. The van der Waals surface area contributed by atoms with Crippen molar-refractivity contribution in [1.82, 2.24) is 5.32 Å². The molecule has 1 heterocycles. The Morgan fingerprint density at radius 1 is 1.44 bits per heavy atom. The van der Waals surface area contributed by atoms with E-state index in [0.29, 0.717) is 6.54 Å². The van der Waals surface area contributed by atoms with Crippen LogP contribution in [0.3, 0.4) is 0 Å². The molecule has 0 aliphatic carbocycles.